The minimum absolute atomic E-state index is 0.109. The van der Waals surface area contributed by atoms with E-state index in [2.05, 4.69) is 0 Å². The van der Waals surface area contributed by atoms with Gasteiger partial charge in [-0.05, 0) is 44.9 Å². The minimum atomic E-state index is -1.19. The van der Waals surface area contributed by atoms with Crippen LogP contribution in [-0.4, -0.2) is 22.0 Å². The Bertz CT molecular complexity index is 1100. The number of primary amides is 1. The molecule has 0 aromatic heterocycles. The summed E-state index contributed by atoms with van der Waals surface area (Å²) in [7, 11) is 0. The number of nitrogens with zero attached hydrogens (tertiary/aromatic N) is 1. The summed E-state index contributed by atoms with van der Waals surface area (Å²) in [4.78, 5) is 26.8. The van der Waals surface area contributed by atoms with Crippen molar-refractivity contribution >= 4 is 23.2 Å². The van der Waals surface area contributed by atoms with Crippen LogP contribution in [0.4, 0.5) is 11.4 Å². The van der Waals surface area contributed by atoms with Crippen molar-refractivity contribution < 1.29 is 19.8 Å². The molecule has 198 valence electrons. The average molecular weight is 497 g/mol. The fourth-order valence-corrected chi connectivity index (χ4v) is 4.05. The van der Waals surface area contributed by atoms with Gasteiger partial charge < -0.3 is 15.9 Å². The fourth-order valence-electron chi connectivity index (χ4n) is 4.05. The van der Waals surface area contributed by atoms with Gasteiger partial charge in [-0.15, -0.1) is 0 Å². The zero-order valence-electron chi connectivity index (χ0n) is 24.0. The predicted molar refractivity (Wildman–Crippen MR) is 147 cm³/mol. The monoisotopic (exact) mass is 496 g/mol. The van der Waals surface area contributed by atoms with Gasteiger partial charge in [0.05, 0.1) is 11.4 Å². The maximum atomic E-state index is 13.4. The second kappa shape index (κ2) is 9.13. The molecule has 36 heavy (non-hydrogen) atoms. The Morgan fingerprint density at radius 2 is 0.917 bits per heavy atom. The highest BCUT2D eigenvalue weighted by Crippen LogP contribution is 2.48. The predicted octanol–water partition coefficient (Wildman–Crippen LogP) is 6.44. The SMILES string of the molecule is CC(C)(C)c1cc(N(C(=O)C(N)=O)c2cc(C(C)(C)C)cc(C(C)(C)C)c2O)c(O)c(C(C)(C)C)c1. The van der Waals surface area contributed by atoms with E-state index in [1.54, 1.807) is 12.1 Å². The van der Waals surface area contributed by atoms with Crippen LogP contribution in [0.5, 0.6) is 11.5 Å². The average Bonchev–Trinajstić information content (AvgIpc) is 2.66. The number of hydrogen-bond donors (Lipinski definition) is 3. The quantitative estimate of drug-likeness (QED) is 0.416. The van der Waals surface area contributed by atoms with Gasteiger partial charge in [0.25, 0.3) is 0 Å². The van der Waals surface area contributed by atoms with Crippen molar-refractivity contribution in [2.24, 2.45) is 5.73 Å². The number of carbonyl (C=O) groups is 2. The van der Waals surface area contributed by atoms with Crippen LogP contribution in [0, 0.1) is 0 Å². The molecule has 0 saturated carbocycles. The summed E-state index contributed by atoms with van der Waals surface area (Å²) in [5, 5.41) is 23.0. The Morgan fingerprint density at radius 1 is 0.611 bits per heavy atom. The van der Waals surface area contributed by atoms with Crippen molar-refractivity contribution in [1.82, 2.24) is 0 Å². The smallest absolute Gasteiger partial charge is 0.320 e. The molecular formula is C30H44N2O4. The molecule has 4 N–H and O–H groups in total. The molecule has 6 nitrogen and oxygen atoms in total. The molecule has 6 heteroatoms. The highest BCUT2D eigenvalue weighted by Gasteiger charge is 2.35. The lowest BCUT2D eigenvalue weighted by Crippen LogP contribution is -2.38. The van der Waals surface area contributed by atoms with E-state index in [-0.39, 0.29) is 33.7 Å². The molecule has 0 aliphatic carbocycles. The van der Waals surface area contributed by atoms with E-state index in [0.717, 1.165) is 16.0 Å². The van der Waals surface area contributed by atoms with E-state index in [4.69, 9.17) is 5.73 Å². The third-order valence-electron chi connectivity index (χ3n) is 6.42. The summed E-state index contributed by atoms with van der Waals surface area (Å²) in [6.07, 6.45) is 0. The van der Waals surface area contributed by atoms with Crippen molar-refractivity contribution in [3.8, 4) is 11.5 Å². The second-order valence-electron chi connectivity index (χ2n) is 13.8. The van der Waals surface area contributed by atoms with Gasteiger partial charge >= 0.3 is 11.8 Å². The first-order chi connectivity index (χ1) is 16.0. The number of benzene rings is 2. The van der Waals surface area contributed by atoms with Gasteiger partial charge in [0.15, 0.2) is 0 Å². The number of hydrogen-bond acceptors (Lipinski definition) is 4. The normalized spacial score (nSPS) is 13.0. The zero-order chi connectivity index (χ0) is 28.2. The summed E-state index contributed by atoms with van der Waals surface area (Å²) < 4.78 is 0. The van der Waals surface area contributed by atoms with Gasteiger partial charge in [0.2, 0.25) is 0 Å². The van der Waals surface area contributed by atoms with E-state index in [1.807, 2.05) is 95.2 Å². The van der Waals surface area contributed by atoms with Crippen LogP contribution in [0.3, 0.4) is 0 Å². The van der Waals surface area contributed by atoms with Crippen molar-refractivity contribution in [1.29, 1.82) is 0 Å². The summed E-state index contributed by atoms with van der Waals surface area (Å²) in [6, 6.07) is 7.26. The second-order valence-corrected chi connectivity index (χ2v) is 13.8. The summed E-state index contributed by atoms with van der Waals surface area (Å²) in [5.41, 5.74) is 7.13. The molecule has 0 aliphatic rings. The first kappa shape index (κ1) is 29.2. The lowest BCUT2D eigenvalue weighted by atomic mass is 9.78. The van der Waals surface area contributed by atoms with E-state index in [0.29, 0.717) is 11.1 Å². The highest BCUT2D eigenvalue weighted by molar-refractivity contribution is 6.42. The number of aromatic hydroxyl groups is 2. The lowest BCUT2D eigenvalue weighted by Gasteiger charge is -2.33. The summed E-state index contributed by atoms with van der Waals surface area (Å²) >= 11 is 0. The molecule has 0 spiro atoms. The van der Waals surface area contributed by atoms with Crippen molar-refractivity contribution in [3.05, 3.63) is 46.5 Å². The largest absolute Gasteiger partial charge is 0.505 e. The number of anilines is 2. The van der Waals surface area contributed by atoms with Crippen LogP contribution in [0.15, 0.2) is 24.3 Å². The maximum Gasteiger partial charge on any atom is 0.320 e. The number of phenols is 2. The molecule has 0 bridgehead atoms. The third-order valence-corrected chi connectivity index (χ3v) is 6.42. The number of phenolic OH excluding ortho intramolecular Hbond substituents is 2. The van der Waals surface area contributed by atoms with Crippen LogP contribution < -0.4 is 10.6 Å². The van der Waals surface area contributed by atoms with Gasteiger partial charge in [-0.3, -0.25) is 14.5 Å². The Kier molecular flexibility index (Phi) is 7.41. The topological polar surface area (TPSA) is 104 Å². The zero-order valence-corrected chi connectivity index (χ0v) is 24.0. The van der Waals surface area contributed by atoms with Crippen molar-refractivity contribution in [2.75, 3.05) is 4.90 Å². The molecule has 0 radical (unpaired) electrons. The van der Waals surface area contributed by atoms with E-state index in [9.17, 15) is 19.8 Å². The fraction of sp³-hybridized carbons (Fsp3) is 0.533. The number of rotatable bonds is 2. The van der Waals surface area contributed by atoms with Crippen molar-refractivity contribution in [2.45, 2.75) is 105 Å². The van der Waals surface area contributed by atoms with Gasteiger partial charge in [0, 0.05) is 11.1 Å². The minimum Gasteiger partial charge on any atom is -0.505 e. The molecule has 2 aromatic rings. The van der Waals surface area contributed by atoms with Crippen LogP contribution in [0.2, 0.25) is 0 Å². The number of carbonyl (C=O) groups excluding carboxylic acids is 2. The molecule has 0 unspecified atom stereocenters. The molecule has 0 saturated heterocycles. The van der Waals surface area contributed by atoms with Gasteiger partial charge in [-0.1, -0.05) is 95.2 Å². The van der Waals surface area contributed by atoms with Gasteiger partial charge in [0.1, 0.15) is 11.5 Å². The van der Waals surface area contributed by atoms with E-state index in [1.165, 1.54) is 0 Å². The third kappa shape index (κ3) is 5.85. The Balaban J connectivity index is 3.14. The maximum absolute atomic E-state index is 13.4. The first-order valence-electron chi connectivity index (χ1n) is 12.4. The molecule has 2 amide bonds. The summed E-state index contributed by atoms with van der Waals surface area (Å²) in [5.74, 6) is -2.51. The van der Waals surface area contributed by atoms with Crippen LogP contribution in [0.25, 0.3) is 0 Å². The Hall–Kier alpha value is -3.02. The standard InChI is InChI=1S/C30H44N2O4/c1-27(2,3)17-13-19(29(7,8)9)23(33)21(15-17)32(26(36)25(31)35)22-16-18(28(4,5)6)14-20(24(22)34)30(10,11)12/h13-16,33-34H,1-12H3,(H2,31,35). The molecular weight excluding hydrogens is 452 g/mol. The number of amides is 2. The van der Waals surface area contributed by atoms with Crippen LogP contribution >= 0.6 is 0 Å². The van der Waals surface area contributed by atoms with Crippen LogP contribution in [0.1, 0.15) is 105 Å². The summed E-state index contributed by atoms with van der Waals surface area (Å²) in [6.45, 7) is 24.0. The lowest BCUT2D eigenvalue weighted by molar-refractivity contribution is -0.135. The van der Waals surface area contributed by atoms with Crippen molar-refractivity contribution in [3.63, 3.8) is 0 Å². The Morgan fingerprint density at radius 3 is 1.14 bits per heavy atom. The Labute approximate surface area is 216 Å². The molecule has 2 aromatic carbocycles. The number of nitrogens with two attached hydrogens (primary N) is 1. The molecule has 0 atom stereocenters. The highest BCUT2D eigenvalue weighted by atomic mass is 16.3. The van der Waals surface area contributed by atoms with E-state index < -0.39 is 22.6 Å². The van der Waals surface area contributed by atoms with Gasteiger partial charge in [-0.2, -0.15) is 0 Å². The molecule has 2 rings (SSSR count). The van der Waals surface area contributed by atoms with E-state index >= 15 is 0 Å². The molecule has 0 aliphatic heterocycles. The van der Waals surface area contributed by atoms with Crippen LogP contribution in [-0.2, 0) is 31.2 Å². The molecule has 0 fully saturated rings. The first-order valence-corrected chi connectivity index (χ1v) is 12.4. The van der Waals surface area contributed by atoms with Gasteiger partial charge in [-0.25, -0.2) is 0 Å². The molecule has 0 heterocycles.